The van der Waals surface area contributed by atoms with Crippen LogP contribution in [0.1, 0.15) is 22.7 Å². The Morgan fingerprint density at radius 1 is 0.862 bits per heavy atom. The summed E-state index contributed by atoms with van der Waals surface area (Å²) in [5.41, 5.74) is 5.97. The molecule has 0 spiro atoms. The molecule has 0 saturated carbocycles. The molecule has 1 aliphatic heterocycles. The van der Waals surface area contributed by atoms with Gasteiger partial charge >= 0.3 is 0 Å². The smallest absolute Gasteiger partial charge is 0.132 e. The maximum absolute atomic E-state index is 13.9. The number of rotatable bonds is 3. The third-order valence-electron chi connectivity index (χ3n) is 5.77. The van der Waals surface area contributed by atoms with E-state index in [0.29, 0.717) is 11.6 Å². The monoisotopic (exact) mass is 449 g/mol. The molecule has 3 aromatic rings. The Labute approximate surface area is 178 Å². The van der Waals surface area contributed by atoms with E-state index >= 15 is 0 Å². The van der Waals surface area contributed by atoms with E-state index in [2.05, 4.69) is 74.5 Å². The number of nitrogens with zero attached hydrogens (tertiary/aromatic N) is 3. The summed E-state index contributed by atoms with van der Waals surface area (Å²) in [5, 5.41) is 6.56. The Kier molecular flexibility index (Phi) is 4.94. The highest BCUT2D eigenvalue weighted by Crippen LogP contribution is 2.46. The lowest BCUT2D eigenvalue weighted by atomic mass is 10.0. The molecule has 2 aliphatic rings. The number of hydrogen-bond acceptors (Lipinski definition) is 3. The molecule has 1 fully saturated rings. The Hall–Kier alpha value is -2.50. The molecule has 1 saturated heterocycles. The second-order valence-corrected chi connectivity index (χ2v) is 8.39. The lowest BCUT2D eigenvalue weighted by Crippen LogP contribution is -2.45. The second kappa shape index (κ2) is 7.73. The minimum absolute atomic E-state index is 0.255. The van der Waals surface area contributed by atoms with Gasteiger partial charge in [0.15, 0.2) is 0 Å². The van der Waals surface area contributed by atoms with Crippen molar-refractivity contribution >= 4 is 22.1 Å². The standard InChI is InChI=1S/C24H21BrFN3/c25-18-9-10-23(26)17(15-18)16-27-29-13-11-28(12-14-29)24-21-7-3-1-5-19(21)20-6-2-4-8-22(20)24/h1-10,15-16,24H,11-14H2. The van der Waals surface area contributed by atoms with Crippen LogP contribution >= 0.6 is 15.9 Å². The van der Waals surface area contributed by atoms with Crippen molar-refractivity contribution in [3.8, 4) is 11.1 Å². The van der Waals surface area contributed by atoms with E-state index in [0.717, 1.165) is 30.7 Å². The summed E-state index contributed by atoms with van der Waals surface area (Å²) in [6.07, 6.45) is 1.62. The molecule has 0 N–H and O–H groups in total. The van der Waals surface area contributed by atoms with Gasteiger partial charge in [0.05, 0.1) is 12.3 Å². The summed E-state index contributed by atoms with van der Waals surface area (Å²) in [4.78, 5) is 2.54. The normalized spacial score (nSPS) is 17.0. The molecule has 0 aromatic heterocycles. The summed E-state index contributed by atoms with van der Waals surface area (Å²) in [6.45, 7) is 3.50. The van der Waals surface area contributed by atoms with E-state index < -0.39 is 0 Å². The number of fused-ring (bicyclic) bond motifs is 3. The van der Waals surface area contributed by atoms with Crippen LogP contribution in [0.4, 0.5) is 4.39 Å². The summed E-state index contributed by atoms with van der Waals surface area (Å²) in [6, 6.07) is 22.6. The SMILES string of the molecule is Fc1ccc(Br)cc1C=NN1CCN(C2c3ccccc3-c3ccccc32)CC1. The second-order valence-electron chi connectivity index (χ2n) is 7.48. The molecule has 0 unspecified atom stereocenters. The van der Waals surface area contributed by atoms with Crippen molar-refractivity contribution in [1.82, 2.24) is 9.91 Å². The van der Waals surface area contributed by atoms with Crippen LogP contribution in [0.15, 0.2) is 76.3 Å². The minimum Gasteiger partial charge on any atom is -0.294 e. The largest absolute Gasteiger partial charge is 0.294 e. The first-order valence-corrected chi connectivity index (χ1v) is 10.7. The number of benzene rings is 3. The van der Waals surface area contributed by atoms with Gasteiger partial charge in [0.2, 0.25) is 0 Å². The number of piperazine rings is 1. The Balaban J connectivity index is 1.32. The van der Waals surface area contributed by atoms with Crippen molar-refractivity contribution in [2.75, 3.05) is 26.2 Å². The maximum Gasteiger partial charge on any atom is 0.132 e. The zero-order chi connectivity index (χ0) is 19.8. The fourth-order valence-corrected chi connectivity index (χ4v) is 4.74. The first-order valence-electron chi connectivity index (χ1n) is 9.87. The van der Waals surface area contributed by atoms with Gasteiger partial charge < -0.3 is 0 Å². The van der Waals surface area contributed by atoms with E-state index in [1.165, 1.54) is 28.3 Å². The minimum atomic E-state index is -0.255. The highest BCUT2D eigenvalue weighted by Gasteiger charge is 2.33. The van der Waals surface area contributed by atoms with Gasteiger partial charge in [-0.2, -0.15) is 5.10 Å². The van der Waals surface area contributed by atoms with Gasteiger partial charge in [-0.05, 0) is 40.5 Å². The molecule has 0 atom stereocenters. The van der Waals surface area contributed by atoms with Crippen molar-refractivity contribution < 1.29 is 4.39 Å². The lowest BCUT2D eigenvalue weighted by molar-refractivity contribution is 0.114. The van der Waals surface area contributed by atoms with E-state index in [1.807, 2.05) is 5.01 Å². The number of hydrazone groups is 1. The molecule has 1 aliphatic carbocycles. The van der Waals surface area contributed by atoms with Crippen LogP contribution in [0.3, 0.4) is 0 Å². The van der Waals surface area contributed by atoms with Crippen molar-refractivity contribution in [3.05, 3.63) is 93.7 Å². The van der Waals surface area contributed by atoms with Crippen molar-refractivity contribution in [2.24, 2.45) is 5.10 Å². The van der Waals surface area contributed by atoms with Crippen LogP contribution in [0.5, 0.6) is 0 Å². The van der Waals surface area contributed by atoms with Crippen molar-refractivity contribution in [3.63, 3.8) is 0 Å². The van der Waals surface area contributed by atoms with Crippen LogP contribution in [0.2, 0.25) is 0 Å². The highest BCUT2D eigenvalue weighted by molar-refractivity contribution is 9.10. The summed E-state index contributed by atoms with van der Waals surface area (Å²) < 4.78 is 14.8. The average molecular weight is 450 g/mol. The van der Waals surface area contributed by atoms with E-state index in [-0.39, 0.29) is 5.82 Å². The van der Waals surface area contributed by atoms with Gasteiger partial charge in [0.1, 0.15) is 5.82 Å². The van der Waals surface area contributed by atoms with Gasteiger partial charge in [-0.15, -0.1) is 0 Å². The molecule has 3 aromatic carbocycles. The average Bonchev–Trinajstić information content (AvgIpc) is 3.09. The van der Waals surface area contributed by atoms with Crippen LogP contribution in [-0.4, -0.2) is 42.3 Å². The Morgan fingerprint density at radius 3 is 2.14 bits per heavy atom. The van der Waals surface area contributed by atoms with Gasteiger partial charge in [0.25, 0.3) is 0 Å². The predicted octanol–water partition coefficient (Wildman–Crippen LogP) is 5.31. The molecule has 3 nitrogen and oxygen atoms in total. The van der Waals surface area contributed by atoms with E-state index in [4.69, 9.17) is 0 Å². The Bertz CT molecular complexity index is 1030. The Morgan fingerprint density at radius 2 is 1.48 bits per heavy atom. The summed E-state index contributed by atoms with van der Waals surface area (Å²) in [7, 11) is 0. The summed E-state index contributed by atoms with van der Waals surface area (Å²) in [5.74, 6) is -0.255. The van der Waals surface area contributed by atoms with Crippen LogP contribution in [0, 0.1) is 5.82 Å². The zero-order valence-electron chi connectivity index (χ0n) is 15.9. The molecule has 146 valence electrons. The molecule has 5 heteroatoms. The van der Waals surface area contributed by atoms with E-state index in [1.54, 1.807) is 18.3 Å². The fraction of sp³-hybridized carbons (Fsp3) is 0.208. The molecule has 0 bridgehead atoms. The summed E-state index contributed by atoms with van der Waals surface area (Å²) >= 11 is 3.39. The van der Waals surface area contributed by atoms with Gasteiger partial charge in [-0.25, -0.2) is 4.39 Å². The predicted molar refractivity (Wildman–Crippen MR) is 119 cm³/mol. The zero-order valence-corrected chi connectivity index (χ0v) is 17.5. The molecule has 1 heterocycles. The third kappa shape index (κ3) is 3.49. The first kappa shape index (κ1) is 18.5. The van der Waals surface area contributed by atoms with Crippen LogP contribution < -0.4 is 0 Å². The molecule has 0 radical (unpaired) electrons. The lowest BCUT2D eigenvalue weighted by Gasteiger charge is -2.37. The first-order chi connectivity index (χ1) is 14.2. The topological polar surface area (TPSA) is 18.8 Å². The highest BCUT2D eigenvalue weighted by atomic mass is 79.9. The van der Waals surface area contributed by atoms with Gasteiger partial charge in [-0.3, -0.25) is 9.91 Å². The molecule has 5 rings (SSSR count). The number of hydrogen-bond donors (Lipinski definition) is 0. The van der Waals surface area contributed by atoms with Gasteiger partial charge in [0, 0.05) is 36.2 Å². The van der Waals surface area contributed by atoms with Crippen LogP contribution in [0.25, 0.3) is 11.1 Å². The number of halogens is 2. The van der Waals surface area contributed by atoms with E-state index in [9.17, 15) is 4.39 Å². The molecule has 29 heavy (non-hydrogen) atoms. The fourth-order valence-electron chi connectivity index (χ4n) is 4.36. The molecular formula is C24H21BrFN3. The molecular weight excluding hydrogens is 429 g/mol. The van der Waals surface area contributed by atoms with Crippen molar-refractivity contribution in [1.29, 1.82) is 0 Å². The maximum atomic E-state index is 13.9. The van der Waals surface area contributed by atoms with Crippen molar-refractivity contribution in [2.45, 2.75) is 6.04 Å². The van der Waals surface area contributed by atoms with Gasteiger partial charge in [-0.1, -0.05) is 64.5 Å². The molecule has 0 amide bonds. The third-order valence-corrected chi connectivity index (χ3v) is 6.27. The van der Waals surface area contributed by atoms with Crippen LogP contribution in [-0.2, 0) is 0 Å². The quantitative estimate of drug-likeness (QED) is 0.504.